The maximum atomic E-state index is 13.2. The van der Waals surface area contributed by atoms with Gasteiger partial charge in [-0.1, -0.05) is 48.5 Å². The van der Waals surface area contributed by atoms with Crippen molar-refractivity contribution in [1.29, 1.82) is 0 Å². The van der Waals surface area contributed by atoms with Crippen LogP contribution in [-0.4, -0.2) is 89.4 Å². The van der Waals surface area contributed by atoms with E-state index in [1.165, 1.54) is 0 Å². The quantitative estimate of drug-likeness (QED) is 0.0737. The summed E-state index contributed by atoms with van der Waals surface area (Å²) in [6, 6.07) is 30.0. The lowest BCUT2D eigenvalue weighted by Gasteiger charge is -2.24. The zero-order valence-corrected chi connectivity index (χ0v) is 30.3. The number of amides is 2. The average molecular weight is 718 g/mol. The van der Waals surface area contributed by atoms with E-state index in [9.17, 15) is 9.59 Å². The molecule has 4 rings (SSSR count). The summed E-state index contributed by atoms with van der Waals surface area (Å²) in [4.78, 5) is 31.2. The highest BCUT2D eigenvalue weighted by Crippen LogP contribution is 2.21. The van der Waals surface area contributed by atoms with Crippen molar-refractivity contribution >= 4 is 12.2 Å². The molecule has 52 heavy (non-hydrogen) atoms. The Morgan fingerprint density at radius 2 is 0.769 bits per heavy atom. The van der Waals surface area contributed by atoms with Crippen LogP contribution in [0.5, 0.6) is 23.0 Å². The summed E-state index contributed by atoms with van der Waals surface area (Å²) in [7, 11) is 8.13. The number of rotatable bonds is 20. The van der Waals surface area contributed by atoms with Gasteiger partial charge in [0.1, 0.15) is 36.5 Å². The Bertz CT molecular complexity index is 1480. The van der Waals surface area contributed by atoms with Gasteiger partial charge in [-0.2, -0.15) is 0 Å². The summed E-state index contributed by atoms with van der Waals surface area (Å²) >= 11 is 0. The van der Waals surface area contributed by atoms with Crippen LogP contribution in [0.2, 0.25) is 0 Å². The van der Waals surface area contributed by atoms with Crippen molar-refractivity contribution in [3.63, 3.8) is 0 Å². The standard InChI is InChI=1S/C39H47N3O10/c1-40(26-49-28-51-38(43)41(22-30-10-6-14-34(18-30)45-2)23-31-11-7-15-35(19-31)46-3)27-50-29-52-39(44)42(24-32-12-8-16-36(20-32)47-4)25-33-13-9-17-37(21-33)48-5/h6-21H,22-29H2,1-5H3. The van der Waals surface area contributed by atoms with Gasteiger partial charge in [-0.25, -0.2) is 9.59 Å². The minimum absolute atomic E-state index is 0.0881. The molecule has 0 aliphatic rings. The molecule has 13 nitrogen and oxygen atoms in total. The van der Waals surface area contributed by atoms with E-state index in [1.807, 2.05) is 97.1 Å². The van der Waals surface area contributed by atoms with Gasteiger partial charge in [-0.15, -0.1) is 0 Å². The van der Waals surface area contributed by atoms with E-state index < -0.39 is 12.2 Å². The van der Waals surface area contributed by atoms with Crippen LogP contribution in [0.25, 0.3) is 0 Å². The molecule has 0 unspecified atom stereocenters. The van der Waals surface area contributed by atoms with Crippen LogP contribution in [0.1, 0.15) is 22.3 Å². The van der Waals surface area contributed by atoms with Crippen molar-refractivity contribution < 1.29 is 47.5 Å². The van der Waals surface area contributed by atoms with E-state index in [-0.39, 0.29) is 53.2 Å². The number of nitrogens with zero attached hydrogens (tertiary/aromatic N) is 3. The molecular weight excluding hydrogens is 670 g/mol. The SMILES string of the molecule is COc1cccc(CN(Cc2cccc(OC)c2)C(=O)OCOCN(C)COCOC(=O)N(Cc2cccc(OC)c2)Cc2cccc(OC)c2)c1. The van der Waals surface area contributed by atoms with Gasteiger partial charge in [0.25, 0.3) is 0 Å². The van der Waals surface area contributed by atoms with E-state index >= 15 is 0 Å². The number of methoxy groups -OCH3 is 4. The fourth-order valence-corrected chi connectivity index (χ4v) is 5.13. The van der Waals surface area contributed by atoms with E-state index in [0.29, 0.717) is 23.0 Å². The molecule has 0 atom stereocenters. The van der Waals surface area contributed by atoms with Crippen molar-refractivity contribution in [2.75, 3.05) is 62.5 Å². The minimum Gasteiger partial charge on any atom is -0.497 e. The molecule has 4 aromatic rings. The Hall–Kier alpha value is -5.50. The first kappa shape index (κ1) is 39.3. The second kappa shape index (κ2) is 21.0. The summed E-state index contributed by atoms with van der Waals surface area (Å²) in [5, 5.41) is 0. The maximum Gasteiger partial charge on any atom is 0.412 e. The lowest BCUT2D eigenvalue weighted by Crippen LogP contribution is -2.33. The molecule has 0 aliphatic heterocycles. The van der Waals surface area contributed by atoms with Crippen LogP contribution >= 0.6 is 0 Å². The smallest absolute Gasteiger partial charge is 0.412 e. The van der Waals surface area contributed by atoms with Crippen LogP contribution in [0.3, 0.4) is 0 Å². The van der Waals surface area contributed by atoms with Gasteiger partial charge in [-0.05, 0) is 77.8 Å². The summed E-state index contributed by atoms with van der Waals surface area (Å²) < 4.78 is 43.5. The molecule has 0 bridgehead atoms. The number of hydrogen-bond donors (Lipinski definition) is 0. The van der Waals surface area contributed by atoms with Crippen LogP contribution in [0, 0.1) is 0 Å². The molecule has 0 heterocycles. The molecule has 278 valence electrons. The van der Waals surface area contributed by atoms with Gasteiger partial charge < -0.3 is 37.9 Å². The van der Waals surface area contributed by atoms with Gasteiger partial charge >= 0.3 is 12.2 Å². The third kappa shape index (κ3) is 13.0. The zero-order valence-electron chi connectivity index (χ0n) is 30.3. The highest BCUT2D eigenvalue weighted by molar-refractivity contribution is 5.68. The highest BCUT2D eigenvalue weighted by Gasteiger charge is 2.19. The van der Waals surface area contributed by atoms with Crippen molar-refractivity contribution in [3.8, 4) is 23.0 Å². The lowest BCUT2D eigenvalue weighted by atomic mass is 10.1. The first-order valence-corrected chi connectivity index (χ1v) is 16.5. The first-order chi connectivity index (χ1) is 25.3. The average Bonchev–Trinajstić information content (AvgIpc) is 3.17. The van der Waals surface area contributed by atoms with E-state index in [4.69, 9.17) is 37.9 Å². The summed E-state index contributed by atoms with van der Waals surface area (Å²) in [6.07, 6.45) is -1.10. The molecule has 2 amide bonds. The van der Waals surface area contributed by atoms with Gasteiger partial charge in [0.15, 0.2) is 13.6 Å². The van der Waals surface area contributed by atoms with Gasteiger partial charge in [-0.3, -0.25) is 14.7 Å². The molecule has 0 spiro atoms. The van der Waals surface area contributed by atoms with Crippen molar-refractivity contribution in [2.45, 2.75) is 26.2 Å². The van der Waals surface area contributed by atoms with Crippen molar-refractivity contribution in [1.82, 2.24) is 14.7 Å². The van der Waals surface area contributed by atoms with Crippen LogP contribution in [-0.2, 0) is 45.1 Å². The zero-order chi connectivity index (χ0) is 37.1. The van der Waals surface area contributed by atoms with Crippen molar-refractivity contribution in [3.05, 3.63) is 119 Å². The second-order valence-corrected chi connectivity index (χ2v) is 11.7. The maximum absolute atomic E-state index is 13.2. The number of ether oxygens (including phenoxy) is 8. The van der Waals surface area contributed by atoms with E-state index in [1.54, 1.807) is 50.2 Å². The Morgan fingerprint density at radius 3 is 1.04 bits per heavy atom. The molecule has 0 N–H and O–H groups in total. The number of benzene rings is 4. The summed E-state index contributed by atoms with van der Waals surface area (Å²) in [5.41, 5.74) is 3.51. The third-order valence-corrected chi connectivity index (χ3v) is 7.70. The first-order valence-electron chi connectivity index (χ1n) is 16.5. The number of hydrogen-bond acceptors (Lipinski definition) is 11. The fraction of sp³-hybridized carbons (Fsp3) is 0.333. The fourth-order valence-electron chi connectivity index (χ4n) is 5.13. The number of carbonyl (C=O) groups excluding carboxylic acids is 2. The van der Waals surface area contributed by atoms with Crippen LogP contribution < -0.4 is 18.9 Å². The highest BCUT2D eigenvalue weighted by atomic mass is 16.7. The minimum atomic E-state index is -0.552. The second-order valence-electron chi connectivity index (χ2n) is 11.7. The molecule has 4 aromatic carbocycles. The van der Waals surface area contributed by atoms with Gasteiger partial charge in [0.05, 0.1) is 28.4 Å². The largest absolute Gasteiger partial charge is 0.497 e. The third-order valence-electron chi connectivity index (χ3n) is 7.70. The Balaban J connectivity index is 1.23. The molecule has 0 fully saturated rings. The molecule has 0 saturated heterocycles. The molecule has 0 radical (unpaired) electrons. The molecular formula is C39H47N3O10. The Kier molecular flexibility index (Phi) is 15.9. The van der Waals surface area contributed by atoms with Crippen molar-refractivity contribution in [2.24, 2.45) is 0 Å². The summed E-state index contributed by atoms with van der Waals surface area (Å²) in [6.45, 7) is 0.761. The van der Waals surface area contributed by atoms with Crippen LogP contribution in [0.4, 0.5) is 9.59 Å². The van der Waals surface area contributed by atoms with Gasteiger partial charge in [0, 0.05) is 26.2 Å². The van der Waals surface area contributed by atoms with Crippen LogP contribution in [0.15, 0.2) is 97.1 Å². The molecule has 13 heteroatoms. The Labute approximate surface area is 305 Å². The molecule has 0 aliphatic carbocycles. The van der Waals surface area contributed by atoms with E-state index in [0.717, 1.165) is 22.3 Å². The number of carbonyl (C=O) groups is 2. The topological polar surface area (TPSA) is 118 Å². The molecule has 0 aromatic heterocycles. The monoisotopic (exact) mass is 717 g/mol. The van der Waals surface area contributed by atoms with Gasteiger partial charge in [0.2, 0.25) is 0 Å². The Morgan fingerprint density at radius 1 is 0.481 bits per heavy atom. The molecule has 0 saturated carbocycles. The lowest BCUT2D eigenvalue weighted by molar-refractivity contribution is -0.110. The normalized spacial score (nSPS) is 10.7. The summed E-state index contributed by atoms with van der Waals surface area (Å²) in [5.74, 6) is 2.76. The predicted molar refractivity (Wildman–Crippen MR) is 193 cm³/mol. The predicted octanol–water partition coefficient (Wildman–Crippen LogP) is 6.49. The van der Waals surface area contributed by atoms with E-state index in [2.05, 4.69) is 0 Å².